The molecule has 3 heteroatoms. The maximum atomic E-state index is 5.93. The largest absolute Gasteiger partial charge is 0.491 e. The van der Waals surface area contributed by atoms with Gasteiger partial charge >= 0.3 is 0 Å². The molecule has 1 atom stereocenters. The maximum absolute atomic E-state index is 5.93. The average Bonchev–Trinajstić information content (AvgIpc) is 2.50. The van der Waals surface area contributed by atoms with Gasteiger partial charge in [0.15, 0.2) is 0 Å². The standard InChI is InChI=1S/C18H29NO2/c1-18(11-7-4-8-12-18)17(19-2)15-9-5-6-10-16(15)21-14-13-20-3/h5-6,9-10,17,19H,4,7-8,11-14H2,1-3H3. The first-order chi connectivity index (χ1) is 10.2. The van der Waals surface area contributed by atoms with E-state index < -0.39 is 0 Å². The van der Waals surface area contributed by atoms with Crippen molar-refractivity contribution in [2.45, 2.75) is 45.1 Å². The van der Waals surface area contributed by atoms with Gasteiger partial charge in [-0.3, -0.25) is 0 Å². The molecule has 1 N–H and O–H groups in total. The van der Waals surface area contributed by atoms with E-state index in [1.807, 2.05) is 6.07 Å². The fourth-order valence-corrected chi connectivity index (χ4v) is 3.61. The molecule has 2 rings (SSSR count). The lowest BCUT2D eigenvalue weighted by Crippen LogP contribution is -2.36. The lowest BCUT2D eigenvalue weighted by Gasteiger charge is -2.41. The fourth-order valence-electron chi connectivity index (χ4n) is 3.61. The van der Waals surface area contributed by atoms with Gasteiger partial charge in [-0.05, 0) is 31.4 Å². The van der Waals surface area contributed by atoms with Gasteiger partial charge < -0.3 is 14.8 Å². The van der Waals surface area contributed by atoms with E-state index in [2.05, 4.69) is 37.5 Å². The van der Waals surface area contributed by atoms with Crippen molar-refractivity contribution in [2.24, 2.45) is 5.41 Å². The van der Waals surface area contributed by atoms with Crippen LogP contribution in [-0.4, -0.2) is 27.4 Å². The zero-order valence-corrected chi connectivity index (χ0v) is 13.7. The Kier molecular flexibility index (Phi) is 6.07. The van der Waals surface area contributed by atoms with Gasteiger partial charge in [0.2, 0.25) is 0 Å². The van der Waals surface area contributed by atoms with Crippen molar-refractivity contribution in [3.05, 3.63) is 29.8 Å². The Morgan fingerprint density at radius 2 is 1.86 bits per heavy atom. The van der Waals surface area contributed by atoms with Crippen molar-refractivity contribution >= 4 is 0 Å². The van der Waals surface area contributed by atoms with Gasteiger partial charge in [-0.15, -0.1) is 0 Å². The highest BCUT2D eigenvalue weighted by molar-refractivity contribution is 5.37. The van der Waals surface area contributed by atoms with E-state index in [0.717, 1.165) is 5.75 Å². The van der Waals surface area contributed by atoms with E-state index in [1.54, 1.807) is 7.11 Å². The highest BCUT2D eigenvalue weighted by Crippen LogP contribution is 2.47. The van der Waals surface area contributed by atoms with Crippen LogP contribution in [0.3, 0.4) is 0 Å². The summed E-state index contributed by atoms with van der Waals surface area (Å²) >= 11 is 0. The molecule has 0 saturated heterocycles. The molecule has 0 aliphatic heterocycles. The molecule has 0 spiro atoms. The lowest BCUT2D eigenvalue weighted by molar-refractivity contribution is 0.134. The smallest absolute Gasteiger partial charge is 0.124 e. The molecule has 1 unspecified atom stereocenters. The van der Waals surface area contributed by atoms with E-state index in [-0.39, 0.29) is 0 Å². The van der Waals surface area contributed by atoms with E-state index in [1.165, 1.54) is 37.7 Å². The predicted molar refractivity (Wildman–Crippen MR) is 86.8 cm³/mol. The van der Waals surface area contributed by atoms with Gasteiger partial charge in [0.05, 0.1) is 6.61 Å². The van der Waals surface area contributed by atoms with Crippen LogP contribution in [0.4, 0.5) is 0 Å². The summed E-state index contributed by atoms with van der Waals surface area (Å²) in [6.07, 6.45) is 6.61. The molecule has 0 aromatic heterocycles. The Morgan fingerprint density at radius 1 is 1.14 bits per heavy atom. The van der Waals surface area contributed by atoms with E-state index in [4.69, 9.17) is 9.47 Å². The van der Waals surface area contributed by atoms with Crippen molar-refractivity contribution in [1.29, 1.82) is 0 Å². The fraction of sp³-hybridized carbons (Fsp3) is 0.667. The first-order valence-corrected chi connectivity index (χ1v) is 8.09. The van der Waals surface area contributed by atoms with Crippen LogP contribution in [0.2, 0.25) is 0 Å². The first kappa shape index (κ1) is 16.3. The van der Waals surface area contributed by atoms with Crippen molar-refractivity contribution in [2.75, 3.05) is 27.4 Å². The van der Waals surface area contributed by atoms with Crippen molar-refractivity contribution < 1.29 is 9.47 Å². The molecule has 1 aromatic rings. The minimum atomic E-state index is 0.313. The Balaban J connectivity index is 2.20. The monoisotopic (exact) mass is 291 g/mol. The molecule has 1 fully saturated rings. The molecule has 1 aliphatic rings. The first-order valence-electron chi connectivity index (χ1n) is 8.09. The third-order valence-corrected chi connectivity index (χ3v) is 4.76. The maximum Gasteiger partial charge on any atom is 0.124 e. The molecule has 0 radical (unpaired) electrons. The molecule has 118 valence electrons. The number of rotatable bonds is 7. The molecule has 1 aliphatic carbocycles. The summed E-state index contributed by atoms with van der Waals surface area (Å²) in [6.45, 7) is 3.63. The Bertz CT molecular complexity index is 427. The number of hydrogen-bond acceptors (Lipinski definition) is 3. The minimum absolute atomic E-state index is 0.313. The van der Waals surface area contributed by atoms with Crippen LogP contribution in [0.1, 0.15) is 50.6 Å². The van der Waals surface area contributed by atoms with E-state index in [0.29, 0.717) is 24.7 Å². The van der Waals surface area contributed by atoms with Crippen LogP contribution >= 0.6 is 0 Å². The second-order valence-electron chi connectivity index (χ2n) is 6.32. The quantitative estimate of drug-likeness (QED) is 0.772. The average molecular weight is 291 g/mol. The minimum Gasteiger partial charge on any atom is -0.491 e. The molecule has 0 bridgehead atoms. The molecule has 0 heterocycles. The van der Waals surface area contributed by atoms with E-state index in [9.17, 15) is 0 Å². The normalized spacial score (nSPS) is 19.2. The number of methoxy groups -OCH3 is 1. The molecule has 3 nitrogen and oxygen atoms in total. The molecular formula is C18H29NO2. The van der Waals surface area contributed by atoms with Crippen LogP contribution < -0.4 is 10.1 Å². The lowest BCUT2D eigenvalue weighted by atomic mass is 9.68. The van der Waals surface area contributed by atoms with Crippen molar-refractivity contribution in [3.8, 4) is 5.75 Å². The second kappa shape index (κ2) is 7.81. The zero-order chi connectivity index (χ0) is 15.1. The molecule has 1 saturated carbocycles. The van der Waals surface area contributed by atoms with Gasteiger partial charge in [-0.2, -0.15) is 0 Å². The van der Waals surface area contributed by atoms with Crippen LogP contribution in [0.15, 0.2) is 24.3 Å². The molecule has 0 amide bonds. The molecule has 1 aromatic carbocycles. The third kappa shape index (κ3) is 3.98. The molecular weight excluding hydrogens is 262 g/mol. The van der Waals surface area contributed by atoms with Gasteiger partial charge in [-0.1, -0.05) is 44.4 Å². The van der Waals surface area contributed by atoms with Crippen molar-refractivity contribution in [1.82, 2.24) is 5.32 Å². The number of hydrogen-bond donors (Lipinski definition) is 1. The summed E-state index contributed by atoms with van der Waals surface area (Å²) < 4.78 is 11.0. The topological polar surface area (TPSA) is 30.5 Å². The SMILES string of the molecule is CNC(c1ccccc1OCCOC)C1(C)CCCCC1. The summed E-state index contributed by atoms with van der Waals surface area (Å²) in [6, 6.07) is 8.76. The van der Waals surface area contributed by atoms with Gasteiger partial charge in [0.1, 0.15) is 12.4 Å². The van der Waals surface area contributed by atoms with Crippen LogP contribution in [0.5, 0.6) is 5.75 Å². The highest BCUT2D eigenvalue weighted by Gasteiger charge is 2.36. The predicted octanol–water partition coefficient (Wildman–Crippen LogP) is 3.94. The molecule has 21 heavy (non-hydrogen) atoms. The Labute approximate surface area is 129 Å². The Hall–Kier alpha value is -1.06. The number of para-hydroxylation sites is 1. The number of nitrogens with one attached hydrogen (secondary N) is 1. The van der Waals surface area contributed by atoms with Crippen LogP contribution in [-0.2, 0) is 4.74 Å². The zero-order valence-electron chi connectivity index (χ0n) is 13.7. The van der Waals surface area contributed by atoms with Crippen LogP contribution in [0.25, 0.3) is 0 Å². The summed E-state index contributed by atoms with van der Waals surface area (Å²) in [5, 5.41) is 3.55. The van der Waals surface area contributed by atoms with Gasteiger partial charge in [-0.25, -0.2) is 0 Å². The van der Waals surface area contributed by atoms with Crippen LogP contribution in [0, 0.1) is 5.41 Å². The number of benzene rings is 1. The third-order valence-electron chi connectivity index (χ3n) is 4.76. The number of ether oxygens (including phenoxy) is 2. The van der Waals surface area contributed by atoms with Gasteiger partial charge in [0, 0.05) is 18.7 Å². The van der Waals surface area contributed by atoms with Gasteiger partial charge in [0.25, 0.3) is 0 Å². The summed E-state index contributed by atoms with van der Waals surface area (Å²) in [7, 11) is 3.77. The van der Waals surface area contributed by atoms with Crippen molar-refractivity contribution in [3.63, 3.8) is 0 Å². The summed E-state index contributed by atoms with van der Waals surface area (Å²) in [5.41, 5.74) is 1.59. The van der Waals surface area contributed by atoms with E-state index >= 15 is 0 Å². The summed E-state index contributed by atoms with van der Waals surface area (Å²) in [4.78, 5) is 0. The highest BCUT2D eigenvalue weighted by atomic mass is 16.5. The Morgan fingerprint density at radius 3 is 2.52 bits per heavy atom. The summed E-state index contributed by atoms with van der Waals surface area (Å²) in [5.74, 6) is 0.987. The second-order valence-corrected chi connectivity index (χ2v) is 6.32.